The molecule has 1 atom stereocenters. The number of nitrogens with zero attached hydrogens (tertiary/aromatic N) is 3. The number of nitrogens with one attached hydrogen (secondary N) is 2. The molecule has 1 unspecified atom stereocenters. The van der Waals surface area contributed by atoms with Crippen LogP contribution in [0.1, 0.15) is 55.7 Å². The van der Waals surface area contributed by atoms with Crippen LogP contribution in [0.15, 0.2) is 6.07 Å². The molecule has 1 saturated heterocycles. The maximum atomic E-state index is 12.5. The van der Waals surface area contributed by atoms with Crippen LogP contribution in [0.2, 0.25) is 0 Å². The molecule has 7 heteroatoms. The Kier molecular flexibility index (Phi) is 7.36. The van der Waals surface area contributed by atoms with Crippen LogP contribution in [0.25, 0.3) is 0 Å². The molecule has 1 aromatic rings. The van der Waals surface area contributed by atoms with Crippen molar-refractivity contribution < 1.29 is 9.59 Å². The molecule has 0 bridgehead atoms. The lowest BCUT2D eigenvalue weighted by Gasteiger charge is -2.37. The molecule has 1 aliphatic heterocycles. The first-order valence-corrected chi connectivity index (χ1v) is 10.6. The van der Waals surface area contributed by atoms with E-state index in [0.717, 1.165) is 30.3 Å². The number of aryl methyl sites for hydroxylation is 2. The molecule has 1 saturated carbocycles. The average molecular weight is 388 g/mol. The summed E-state index contributed by atoms with van der Waals surface area (Å²) in [5, 5.41) is 5.86. The van der Waals surface area contributed by atoms with Crippen molar-refractivity contribution in [3.05, 3.63) is 23.3 Å². The van der Waals surface area contributed by atoms with Gasteiger partial charge in [0.1, 0.15) is 5.82 Å². The number of aromatic nitrogens is 2. The molecule has 154 valence electrons. The van der Waals surface area contributed by atoms with Crippen LogP contribution in [0, 0.1) is 19.8 Å². The molecular weight excluding hydrogens is 354 g/mol. The summed E-state index contributed by atoms with van der Waals surface area (Å²) in [5.41, 5.74) is 1.87. The molecule has 2 aliphatic rings. The SMILES string of the molecule is Cc1cc(C)nc(CCNC(=O)CC2C(=O)NCCN2CC2CCCCC2)n1. The number of carbonyl (C=O) groups is 2. The normalized spacial score (nSPS) is 21.4. The van der Waals surface area contributed by atoms with Crippen LogP contribution in [0.5, 0.6) is 0 Å². The fourth-order valence-electron chi connectivity index (χ4n) is 4.38. The van der Waals surface area contributed by atoms with Crippen molar-refractivity contribution in [3.63, 3.8) is 0 Å². The summed E-state index contributed by atoms with van der Waals surface area (Å²) in [7, 11) is 0. The van der Waals surface area contributed by atoms with Crippen LogP contribution in [-0.4, -0.2) is 58.9 Å². The first-order chi connectivity index (χ1) is 13.5. The van der Waals surface area contributed by atoms with Gasteiger partial charge in [-0.1, -0.05) is 19.3 Å². The standard InChI is InChI=1S/C21H33N5O2/c1-15-12-16(2)25-19(24-15)8-9-22-20(27)13-18-21(28)23-10-11-26(18)14-17-6-4-3-5-7-17/h12,17-18H,3-11,13-14H2,1-2H3,(H,22,27)(H,23,28). The molecule has 2 N–H and O–H groups in total. The van der Waals surface area contributed by atoms with Gasteiger partial charge in [0.25, 0.3) is 0 Å². The lowest BCUT2D eigenvalue weighted by molar-refractivity contribution is -0.134. The fraction of sp³-hybridized carbons (Fsp3) is 0.714. The van der Waals surface area contributed by atoms with Crippen LogP contribution >= 0.6 is 0 Å². The van der Waals surface area contributed by atoms with Crippen LogP contribution in [0.4, 0.5) is 0 Å². The molecule has 2 amide bonds. The molecule has 2 heterocycles. The first kappa shape index (κ1) is 20.7. The van der Waals surface area contributed by atoms with Crippen molar-refractivity contribution in [2.45, 2.75) is 64.8 Å². The number of amides is 2. The quantitative estimate of drug-likeness (QED) is 0.741. The minimum absolute atomic E-state index is 0.0187. The van der Waals surface area contributed by atoms with Gasteiger partial charge >= 0.3 is 0 Å². The highest BCUT2D eigenvalue weighted by Crippen LogP contribution is 2.25. The predicted molar refractivity (Wildman–Crippen MR) is 108 cm³/mol. The number of carbonyl (C=O) groups excluding carboxylic acids is 2. The summed E-state index contributed by atoms with van der Waals surface area (Å²) in [6, 6.07) is 1.58. The predicted octanol–water partition coefficient (Wildman–Crippen LogP) is 1.52. The molecular formula is C21H33N5O2. The summed E-state index contributed by atoms with van der Waals surface area (Å²) < 4.78 is 0. The minimum Gasteiger partial charge on any atom is -0.356 e. The number of piperazine rings is 1. The fourth-order valence-corrected chi connectivity index (χ4v) is 4.38. The van der Waals surface area contributed by atoms with Crippen molar-refractivity contribution in [3.8, 4) is 0 Å². The summed E-state index contributed by atoms with van der Waals surface area (Å²) in [4.78, 5) is 35.9. The third-order valence-electron chi connectivity index (χ3n) is 5.74. The third-order valence-corrected chi connectivity index (χ3v) is 5.74. The van der Waals surface area contributed by atoms with Gasteiger partial charge in [-0.15, -0.1) is 0 Å². The van der Waals surface area contributed by atoms with Gasteiger partial charge in [-0.05, 0) is 38.7 Å². The van der Waals surface area contributed by atoms with E-state index in [0.29, 0.717) is 25.4 Å². The Morgan fingerprint density at radius 1 is 1.21 bits per heavy atom. The van der Waals surface area contributed by atoms with Crippen molar-refractivity contribution in [2.24, 2.45) is 5.92 Å². The van der Waals surface area contributed by atoms with Gasteiger partial charge in [0, 0.05) is 44.0 Å². The van der Waals surface area contributed by atoms with Gasteiger partial charge in [-0.3, -0.25) is 14.5 Å². The zero-order chi connectivity index (χ0) is 19.9. The molecule has 1 aromatic heterocycles. The molecule has 1 aliphatic carbocycles. The molecule has 0 aromatic carbocycles. The van der Waals surface area contributed by atoms with Gasteiger partial charge in [0.2, 0.25) is 11.8 Å². The monoisotopic (exact) mass is 387 g/mol. The minimum atomic E-state index is -0.354. The Bertz CT molecular complexity index is 667. The highest BCUT2D eigenvalue weighted by atomic mass is 16.2. The maximum Gasteiger partial charge on any atom is 0.237 e. The topological polar surface area (TPSA) is 87.2 Å². The molecule has 3 rings (SSSR count). The number of hydrogen-bond donors (Lipinski definition) is 2. The Balaban J connectivity index is 1.49. The van der Waals surface area contributed by atoms with Crippen LogP contribution in [0.3, 0.4) is 0 Å². The first-order valence-electron chi connectivity index (χ1n) is 10.6. The third kappa shape index (κ3) is 5.99. The zero-order valence-corrected chi connectivity index (χ0v) is 17.2. The zero-order valence-electron chi connectivity index (χ0n) is 17.2. The van der Waals surface area contributed by atoms with E-state index in [4.69, 9.17) is 0 Å². The second kappa shape index (κ2) is 9.96. The van der Waals surface area contributed by atoms with Gasteiger partial charge in [-0.2, -0.15) is 0 Å². The van der Waals surface area contributed by atoms with Gasteiger partial charge in [0.05, 0.1) is 12.5 Å². The van der Waals surface area contributed by atoms with Crippen molar-refractivity contribution in [1.29, 1.82) is 0 Å². The molecule has 0 spiro atoms. The second-order valence-electron chi connectivity index (χ2n) is 8.18. The van der Waals surface area contributed by atoms with E-state index < -0.39 is 0 Å². The van der Waals surface area contributed by atoms with Gasteiger partial charge in [0.15, 0.2) is 0 Å². The molecule has 2 fully saturated rings. The van der Waals surface area contributed by atoms with E-state index in [1.807, 2.05) is 19.9 Å². The largest absolute Gasteiger partial charge is 0.356 e. The smallest absolute Gasteiger partial charge is 0.237 e. The van der Waals surface area contributed by atoms with Crippen molar-refractivity contribution >= 4 is 11.8 Å². The second-order valence-corrected chi connectivity index (χ2v) is 8.18. The average Bonchev–Trinajstić information content (AvgIpc) is 2.65. The summed E-state index contributed by atoms with van der Waals surface area (Å²) >= 11 is 0. The van der Waals surface area contributed by atoms with Crippen molar-refractivity contribution in [2.75, 3.05) is 26.2 Å². The van der Waals surface area contributed by atoms with E-state index in [2.05, 4.69) is 25.5 Å². The molecule has 7 nitrogen and oxygen atoms in total. The van der Waals surface area contributed by atoms with E-state index in [9.17, 15) is 9.59 Å². The summed E-state index contributed by atoms with van der Waals surface area (Å²) in [5.74, 6) is 1.30. The Hall–Kier alpha value is -2.02. The highest BCUT2D eigenvalue weighted by Gasteiger charge is 2.33. The Labute approximate surface area is 167 Å². The highest BCUT2D eigenvalue weighted by molar-refractivity contribution is 5.88. The van der Waals surface area contributed by atoms with Crippen LogP contribution < -0.4 is 10.6 Å². The number of rotatable bonds is 7. The maximum absolute atomic E-state index is 12.5. The van der Waals surface area contributed by atoms with E-state index in [1.165, 1.54) is 32.1 Å². The Morgan fingerprint density at radius 3 is 2.64 bits per heavy atom. The molecule has 0 radical (unpaired) electrons. The van der Waals surface area contributed by atoms with Crippen LogP contribution in [-0.2, 0) is 16.0 Å². The van der Waals surface area contributed by atoms with E-state index in [-0.39, 0.29) is 24.3 Å². The van der Waals surface area contributed by atoms with E-state index >= 15 is 0 Å². The lowest BCUT2D eigenvalue weighted by Crippen LogP contribution is -2.57. The Morgan fingerprint density at radius 2 is 1.93 bits per heavy atom. The van der Waals surface area contributed by atoms with Gasteiger partial charge in [-0.25, -0.2) is 9.97 Å². The lowest BCUT2D eigenvalue weighted by atomic mass is 9.88. The van der Waals surface area contributed by atoms with Crippen molar-refractivity contribution in [1.82, 2.24) is 25.5 Å². The van der Waals surface area contributed by atoms with E-state index in [1.54, 1.807) is 0 Å². The van der Waals surface area contributed by atoms with Gasteiger partial charge < -0.3 is 10.6 Å². The molecule has 28 heavy (non-hydrogen) atoms. The summed E-state index contributed by atoms with van der Waals surface area (Å²) in [6.45, 7) is 6.81. The number of hydrogen-bond acceptors (Lipinski definition) is 5. The summed E-state index contributed by atoms with van der Waals surface area (Å²) in [6.07, 6.45) is 7.20.